The highest BCUT2D eigenvalue weighted by Gasteiger charge is 2.22. The molecule has 11 aromatic rings. The summed E-state index contributed by atoms with van der Waals surface area (Å²) in [5.74, 6) is 1.84. The summed E-state index contributed by atoms with van der Waals surface area (Å²) in [6.07, 6.45) is 0. The molecule has 0 spiro atoms. The van der Waals surface area contributed by atoms with Crippen molar-refractivity contribution in [2.75, 3.05) is 0 Å². The summed E-state index contributed by atoms with van der Waals surface area (Å²) in [4.78, 5) is 15.5. The van der Waals surface area contributed by atoms with Crippen molar-refractivity contribution in [1.29, 1.82) is 0 Å². The van der Waals surface area contributed by atoms with Crippen LogP contribution in [0.25, 0.3) is 105 Å². The molecule has 11 rings (SSSR count). The van der Waals surface area contributed by atoms with Crippen LogP contribution in [0.3, 0.4) is 0 Å². The largest absolute Gasteiger partial charge is 0.455 e. The minimum Gasteiger partial charge on any atom is -0.455 e. The monoisotopic (exact) mass is 690 g/mol. The summed E-state index contributed by atoms with van der Waals surface area (Å²) in [6.45, 7) is 0. The van der Waals surface area contributed by atoms with Crippen molar-refractivity contribution in [2.24, 2.45) is 0 Å². The first kappa shape index (κ1) is 30.3. The fourth-order valence-electron chi connectivity index (χ4n) is 7.98. The molecule has 5 heteroatoms. The first-order valence-electron chi connectivity index (χ1n) is 18.1. The molecule has 0 aliphatic carbocycles. The lowest BCUT2D eigenvalue weighted by molar-refractivity contribution is 0.673. The molecule has 0 bridgehead atoms. The lowest BCUT2D eigenvalue weighted by atomic mass is 10.0. The molecule has 3 aromatic heterocycles. The van der Waals surface area contributed by atoms with Gasteiger partial charge in [0.2, 0.25) is 0 Å². The van der Waals surface area contributed by atoms with Gasteiger partial charge >= 0.3 is 0 Å². The molecule has 3 heterocycles. The summed E-state index contributed by atoms with van der Waals surface area (Å²) in [7, 11) is 0. The quantitative estimate of drug-likeness (QED) is 0.180. The van der Waals surface area contributed by atoms with E-state index in [4.69, 9.17) is 19.4 Å². The Kier molecular flexibility index (Phi) is 6.79. The Labute approximate surface area is 310 Å². The van der Waals surface area contributed by atoms with Gasteiger partial charge in [0.05, 0.1) is 16.7 Å². The van der Waals surface area contributed by atoms with Gasteiger partial charge in [-0.25, -0.2) is 15.0 Å². The summed E-state index contributed by atoms with van der Waals surface area (Å²) in [5.41, 5.74) is 9.95. The Bertz CT molecular complexity index is 3220. The van der Waals surface area contributed by atoms with Gasteiger partial charge in [0.1, 0.15) is 11.2 Å². The summed E-state index contributed by atoms with van der Waals surface area (Å²) in [6, 6.07) is 63.1. The van der Waals surface area contributed by atoms with Gasteiger partial charge < -0.3 is 8.98 Å². The summed E-state index contributed by atoms with van der Waals surface area (Å²) < 4.78 is 8.99. The van der Waals surface area contributed by atoms with Crippen LogP contribution < -0.4 is 0 Å². The number of nitrogens with zero attached hydrogens (tertiary/aromatic N) is 4. The summed E-state index contributed by atoms with van der Waals surface area (Å²) >= 11 is 0. The van der Waals surface area contributed by atoms with E-state index in [1.54, 1.807) is 0 Å². The Morgan fingerprint density at radius 3 is 1.87 bits per heavy atom. The first-order chi connectivity index (χ1) is 26.8. The molecule has 0 unspecified atom stereocenters. The van der Waals surface area contributed by atoms with Crippen molar-refractivity contribution >= 4 is 54.5 Å². The van der Waals surface area contributed by atoms with Gasteiger partial charge in [-0.3, -0.25) is 0 Å². The van der Waals surface area contributed by atoms with Crippen molar-refractivity contribution in [3.8, 4) is 51.0 Å². The molecular formula is C49H30N4O. The molecule has 0 aliphatic heterocycles. The predicted octanol–water partition coefficient (Wildman–Crippen LogP) is 12.7. The molecule has 5 nitrogen and oxygen atoms in total. The Balaban J connectivity index is 1.18. The van der Waals surface area contributed by atoms with Gasteiger partial charge in [-0.2, -0.15) is 0 Å². The Morgan fingerprint density at radius 1 is 0.389 bits per heavy atom. The van der Waals surface area contributed by atoms with Crippen LogP contribution in [0.5, 0.6) is 0 Å². The van der Waals surface area contributed by atoms with Gasteiger partial charge in [0.25, 0.3) is 0 Å². The second kappa shape index (κ2) is 12.1. The van der Waals surface area contributed by atoms with E-state index >= 15 is 0 Å². The average Bonchev–Trinajstić information content (AvgIpc) is 3.80. The Hall–Kier alpha value is -7.37. The first-order valence-corrected chi connectivity index (χ1v) is 18.1. The number of rotatable bonds is 5. The van der Waals surface area contributed by atoms with Crippen LogP contribution in [0, 0.1) is 0 Å². The molecule has 0 amide bonds. The zero-order chi connectivity index (χ0) is 35.6. The van der Waals surface area contributed by atoms with E-state index in [0.29, 0.717) is 17.5 Å². The van der Waals surface area contributed by atoms with Gasteiger partial charge in [0, 0.05) is 43.6 Å². The molecule has 0 saturated carbocycles. The number of benzene rings is 8. The maximum atomic E-state index is 6.64. The highest BCUT2D eigenvalue weighted by molar-refractivity contribution is 6.29. The zero-order valence-corrected chi connectivity index (χ0v) is 29.0. The molecule has 0 aliphatic rings. The molecule has 0 radical (unpaired) electrons. The molecule has 8 aromatic carbocycles. The van der Waals surface area contributed by atoms with E-state index in [9.17, 15) is 0 Å². The maximum absolute atomic E-state index is 6.64. The predicted molar refractivity (Wildman–Crippen MR) is 221 cm³/mol. The number of furan rings is 1. The Morgan fingerprint density at radius 2 is 1.02 bits per heavy atom. The van der Waals surface area contributed by atoms with Crippen molar-refractivity contribution in [2.45, 2.75) is 0 Å². The van der Waals surface area contributed by atoms with Crippen LogP contribution in [0.15, 0.2) is 186 Å². The van der Waals surface area contributed by atoms with E-state index in [1.165, 1.54) is 0 Å². The van der Waals surface area contributed by atoms with E-state index in [-0.39, 0.29) is 0 Å². The zero-order valence-electron chi connectivity index (χ0n) is 29.0. The maximum Gasteiger partial charge on any atom is 0.166 e. The smallest absolute Gasteiger partial charge is 0.166 e. The van der Waals surface area contributed by atoms with Crippen molar-refractivity contribution in [3.05, 3.63) is 182 Å². The van der Waals surface area contributed by atoms with Gasteiger partial charge in [-0.15, -0.1) is 0 Å². The fraction of sp³-hybridized carbons (Fsp3) is 0. The number of fused-ring (bicyclic) bond motifs is 9. The lowest BCUT2D eigenvalue weighted by Crippen LogP contribution is -2.03. The average molecular weight is 691 g/mol. The second-order valence-corrected chi connectivity index (χ2v) is 13.6. The molecule has 0 saturated heterocycles. The molecule has 0 atom stereocenters. The van der Waals surface area contributed by atoms with Crippen LogP contribution in [0.4, 0.5) is 0 Å². The third-order valence-electron chi connectivity index (χ3n) is 10.4. The van der Waals surface area contributed by atoms with Gasteiger partial charge in [0.15, 0.2) is 17.5 Å². The van der Waals surface area contributed by atoms with Crippen molar-refractivity contribution in [1.82, 2.24) is 19.5 Å². The highest BCUT2D eigenvalue weighted by atomic mass is 16.3. The summed E-state index contributed by atoms with van der Waals surface area (Å²) in [5, 5.41) is 6.79. The fourth-order valence-corrected chi connectivity index (χ4v) is 7.98. The molecule has 0 N–H and O–H groups in total. The third-order valence-corrected chi connectivity index (χ3v) is 10.4. The number of hydrogen-bond acceptors (Lipinski definition) is 4. The standard InChI is InChI=1S/C49H30N4O/c1-3-14-31(15-4-1)34-18-13-19-35(30-34)48-50-47(33-16-5-2-6-17-33)51-49(52-48)39-22-8-11-24-41(39)53-40-23-10-7-21-38(40)45-42(53)29-27-32-26-28-37-36-20-9-12-25-43(36)54-46(37)44(32)45/h1-30H. The lowest BCUT2D eigenvalue weighted by Gasteiger charge is -2.15. The highest BCUT2D eigenvalue weighted by Crippen LogP contribution is 2.43. The second-order valence-electron chi connectivity index (χ2n) is 13.6. The molecule has 54 heavy (non-hydrogen) atoms. The molecule has 0 fully saturated rings. The SMILES string of the molecule is c1ccc(-c2cccc(-c3nc(-c4ccccc4)nc(-c4ccccc4-n4c5ccccc5c5c6c(ccc7c8ccccc8oc76)ccc54)n3)c2)cc1. The van der Waals surface area contributed by atoms with Crippen LogP contribution in [0.2, 0.25) is 0 Å². The minimum absolute atomic E-state index is 0.603. The van der Waals surface area contributed by atoms with E-state index in [2.05, 4.69) is 138 Å². The van der Waals surface area contributed by atoms with Gasteiger partial charge in [-0.1, -0.05) is 140 Å². The number of para-hydroxylation sites is 3. The van der Waals surface area contributed by atoms with Crippen LogP contribution in [-0.2, 0) is 0 Å². The van der Waals surface area contributed by atoms with Crippen LogP contribution in [-0.4, -0.2) is 19.5 Å². The topological polar surface area (TPSA) is 56.7 Å². The van der Waals surface area contributed by atoms with Crippen molar-refractivity contribution < 1.29 is 4.42 Å². The van der Waals surface area contributed by atoms with Crippen molar-refractivity contribution in [3.63, 3.8) is 0 Å². The van der Waals surface area contributed by atoms with E-state index < -0.39 is 0 Å². The van der Waals surface area contributed by atoms with E-state index in [1.807, 2.05) is 48.5 Å². The van der Waals surface area contributed by atoms with E-state index in [0.717, 1.165) is 88.0 Å². The number of aromatic nitrogens is 4. The van der Waals surface area contributed by atoms with Crippen LogP contribution >= 0.6 is 0 Å². The molecule has 252 valence electrons. The number of hydrogen-bond donors (Lipinski definition) is 0. The van der Waals surface area contributed by atoms with Crippen LogP contribution in [0.1, 0.15) is 0 Å². The third kappa shape index (κ3) is 4.76. The normalized spacial score (nSPS) is 11.7. The molecular weight excluding hydrogens is 661 g/mol. The minimum atomic E-state index is 0.603. The van der Waals surface area contributed by atoms with Gasteiger partial charge in [-0.05, 0) is 59.0 Å².